The van der Waals surface area contributed by atoms with E-state index in [2.05, 4.69) is 29.6 Å². The monoisotopic (exact) mass is 263 g/mol. The van der Waals surface area contributed by atoms with Gasteiger partial charge in [0.2, 0.25) is 0 Å². The molecule has 0 radical (unpaired) electrons. The number of hydrogen-bond donors (Lipinski definition) is 1. The van der Waals surface area contributed by atoms with Crippen molar-refractivity contribution in [2.24, 2.45) is 0 Å². The highest BCUT2D eigenvalue weighted by atomic mass is 35.5. The fourth-order valence-corrected chi connectivity index (χ4v) is 2.26. The summed E-state index contributed by atoms with van der Waals surface area (Å²) in [6, 6.07) is 6.01. The molecule has 1 aromatic carbocycles. The maximum Gasteiger partial charge on any atom is 0.0672 e. The van der Waals surface area contributed by atoms with Crippen molar-refractivity contribution in [3.05, 3.63) is 40.7 Å². The van der Waals surface area contributed by atoms with Crippen LogP contribution in [0.1, 0.15) is 18.2 Å². The minimum Gasteiger partial charge on any atom is -0.316 e. The molecule has 0 bridgehead atoms. The molecule has 0 saturated heterocycles. The molecule has 0 aliphatic carbocycles. The van der Waals surface area contributed by atoms with Crippen molar-refractivity contribution in [2.75, 3.05) is 7.05 Å². The molecule has 96 valence electrons. The number of hydrogen-bond acceptors (Lipinski definition) is 2. The Labute approximate surface area is 113 Å². The molecular weight excluding hydrogens is 246 g/mol. The summed E-state index contributed by atoms with van der Waals surface area (Å²) in [6.45, 7) is 5.82. The second-order valence-corrected chi connectivity index (χ2v) is 4.75. The van der Waals surface area contributed by atoms with Crippen molar-refractivity contribution in [1.29, 1.82) is 0 Å². The second-order valence-electron chi connectivity index (χ2n) is 4.32. The van der Waals surface area contributed by atoms with Gasteiger partial charge < -0.3 is 5.32 Å². The third-order valence-corrected chi connectivity index (χ3v) is 3.23. The van der Waals surface area contributed by atoms with E-state index in [-0.39, 0.29) is 0 Å². The molecular formula is C14H18ClN3. The summed E-state index contributed by atoms with van der Waals surface area (Å²) in [7, 11) is 1.95. The molecule has 0 amide bonds. The van der Waals surface area contributed by atoms with Gasteiger partial charge in [0.15, 0.2) is 0 Å². The van der Waals surface area contributed by atoms with Crippen LogP contribution in [-0.4, -0.2) is 16.8 Å². The smallest absolute Gasteiger partial charge is 0.0672 e. The summed E-state index contributed by atoms with van der Waals surface area (Å²) in [4.78, 5) is 0. The van der Waals surface area contributed by atoms with Gasteiger partial charge in [0.1, 0.15) is 0 Å². The van der Waals surface area contributed by atoms with E-state index < -0.39 is 0 Å². The molecule has 2 aromatic rings. The lowest BCUT2D eigenvalue weighted by Crippen LogP contribution is -2.06. The van der Waals surface area contributed by atoms with Gasteiger partial charge in [0.05, 0.1) is 5.69 Å². The van der Waals surface area contributed by atoms with E-state index in [9.17, 15) is 0 Å². The summed E-state index contributed by atoms with van der Waals surface area (Å²) in [6.07, 6.45) is 2.08. The Hall–Kier alpha value is -1.32. The first-order chi connectivity index (χ1) is 8.65. The lowest BCUT2D eigenvalue weighted by molar-refractivity contribution is 0.653. The number of halogens is 1. The average molecular weight is 264 g/mol. The van der Waals surface area contributed by atoms with Gasteiger partial charge in [0, 0.05) is 29.9 Å². The standard InChI is InChI=1S/C14H18ClN3/c1-4-18-9-14(10(2)17-18)13-7-12(15)6-5-11(13)8-16-3/h5-7,9,16H,4,8H2,1-3H3. The Morgan fingerprint density at radius 1 is 1.33 bits per heavy atom. The molecule has 1 aromatic heterocycles. The molecule has 1 N–H and O–H groups in total. The van der Waals surface area contributed by atoms with Crippen LogP contribution < -0.4 is 5.32 Å². The predicted molar refractivity (Wildman–Crippen MR) is 75.8 cm³/mol. The Balaban J connectivity index is 2.53. The molecule has 0 atom stereocenters. The maximum absolute atomic E-state index is 6.11. The third kappa shape index (κ3) is 2.57. The molecule has 0 saturated carbocycles. The van der Waals surface area contributed by atoms with Crippen LogP contribution in [0, 0.1) is 6.92 Å². The summed E-state index contributed by atoms with van der Waals surface area (Å²) in [5.74, 6) is 0. The zero-order valence-electron chi connectivity index (χ0n) is 11.0. The van der Waals surface area contributed by atoms with E-state index in [1.807, 2.05) is 30.8 Å². The Morgan fingerprint density at radius 3 is 2.72 bits per heavy atom. The maximum atomic E-state index is 6.11. The molecule has 4 heteroatoms. The Morgan fingerprint density at radius 2 is 2.11 bits per heavy atom. The average Bonchev–Trinajstić information content (AvgIpc) is 2.73. The topological polar surface area (TPSA) is 29.9 Å². The molecule has 0 fully saturated rings. The normalized spacial score (nSPS) is 10.9. The first kappa shape index (κ1) is 13.1. The van der Waals surface area contributed by atoms with Crippen molar-refractivity contribution < 1.29 is 0 Å². The van der Waals surface area contributed by atoms with Gasteiger partial charge in [0.25, 0.3) is 0 Å². The van der Waals surface area contributed by atoms with E-state index >= 15 is 0 Å². The Kier molecular flexibility index (Phi) is 4.04. The zero-order chi connectivity index (χ0) is 13.1. The van der Waals surface area contributed by atoms with Gasteiger partial charge in [-0.1, -0.05) is 17.7 Å². The van der Waals surface area contributed by atoms with Gasteiger partial charge in [-0.2, -0.15) is 5.10 Å². The zero-order valence-corrected chi connectivity index (χ0v) is 11.8. The predicted octanol–water partition coefficient (Wildman–Crippen LogP) is 3.25. The van der Waals surface area contributed by atoms with E-state index in [0.29, 0.717) is 0 Å². The first-order valence-corrected chi connectivity index (χ1v) is 6.51. The highest BCUT2D eigenvalue weighted by molar-refractivity contribution is 6.30. The number of aromatic nitrogens is 2. The number of aryl methyl sites for hydroxylation is 2. The van der Waals surface area contributed by atoms with Gasteiger partial charge in [-0.25, -0.2) is 0 Å². The SMILES string of the molecule is CCn1cc(-c2cc(Cl)ccc2CNC)c(C)n1. The van der Waals surface area contributed by atoms with E-state index in [4.69, 9.17) is 11.6 Å². The molecule has 0 unspecified atom stereocenters. The number of nitrogens with one attached hydrogen (secondary N) is 1. The van der Waals surface area contributed by atoms with Crippen LogP contribution >= 0.6 is 11.6 Å². The lowest BCUT2D eigenvalue weighted by atomic mass is 10.0. The molecule has 0 spiro atoms. The number of nitrogens with zero attached hydrogens (tertiary/aromatic N) is 2. The Bertz CT molecular complexity index is 546. The second kappa shape index (κ2) is 5.55. The minimum atomic E-state index is 0.758. The van der Waals surface area contributed by atoms with Crippen LogP contribution in [0.3, 0.4) is 0 Å². The van der Waals surface area contributed by atoms with Crippen molar-refractivity contribution in [2.45, 2.75) is 26.9 Å². The van der Waals surface area contributed by atoms with Crippen LogP contribution in [0.5, 0.6) is 0 Å². The molecule has 0 aliphatic heterocycles. The molecule has 2 rings (SSSR count). The molecule has 18 heavy (non-hydrogen) atoms. The van der Waals surface area contributed by atoms with Crippen LogP contribution in [-0.2, 0) is 13.1 Å². The van der Waals surface area contributed by atoms with Gasteiger partial charge in [-0.15, -0.1) is 0 Å². The van der Waals surface area contributed by atoms with E-state index in [1.165, 1.54) is 5.56 Å². The lowest BCUT2D eigenvalue weighted by Gasteiger charge is -2.09. The highest BCUT2D eigenvalue weighted by Crippen LogP contribution is 2.29. The first-order valence-electron chi connectivity index (χ1n) is 6.13. The van der Waals surface area contributed by atoms with Crippen molar-refractivity contribution >= 4 is 11.6 Å². The van der Waals surface area contributed by atoms with Gasteiger partial charge in [-0.05, 0) is 44.2 Å². The molecule has 0 aliphatic rings. The fraction of sp³-hybridized carbons (Fsp3) is 0.357. The van der Waals surface area contributed by atoms with Crippen molar-refractivity contribution in [3.63, 3.8) is 0 Å². The van der Waals surface area contributed by atoms with Crippen molar-refractivity contribution in [3.8, 4) is 11.1 Å². The summed E-state index contributed by atoms with van der Waals surface area (Å²) < 4.78 is 1.95. The minimum absolute atomic E-state index is 0.758. The largest absolute Gasteiger partial charge is 0.316 e. The quantitative estimate of drug-likeness (QED) is 0.918. The number of rotatable bonds is 4. The van der Waals surface area contributed by atoms with Gasteiger partial charge >= 0.3 is 0 Å². The van der Waals surface area contributed by atoms with Gasteiger partial charge in [-0.3, -0.25) is 4.68 Å². The highest BCUT2D eigenvalue weighted by Gasteiger charge is 2.11. The summed E-state index contributed by atoms with van der Waals surface area (Å²) >= 11 is 6.11. The van der Waals surface area contributed by atoms with Crippen LogP contribution in [0.4, 0.5) is 0 Å². The summed E-state index contributed by atoms with van der Waals surface area (Å²) in [5, 5.41) is 8.43. The van der Waals surface area contributed by atoms with E-state index in [1.54, 1.807) is 0 Å². The van der Waals surface area contributed by atoms with Crippen LogP contribution in [0.25, 0.3) is 11.1 Å². The fourth-order valence-electron chi connectivity index (χ4n) is 2.09. The van der Waals surface area contributed by atoms with Crippen LogP contribution in [0.2, 0.25) is 5.02 Å². The third-order valence-electron chi connectivity index (χ3n) is 3.00. The van der Waals surface area contributed by atoms with E-state index in [0.717, 1.165) is 34.9 Å². The molecule has 3 nitrogen and oxygen atoms in total. The molecule has 1 heterocycles. The van der Waals surface area contributed by atoms with Crippen LogP contribution in [0.15, 0.2) is 24.4 Å². The van der Waals surface area contributed by atoms with Crippen molar-refractivity contribution in [1.82, 2.24) is 15.1 Å². The number of benzene rings is 1. The summed E-state index contributed by atoms with van der Waals surface area (Å²) in [5.41, 5.74) is 4.59.